The number of ether oxygens (including phenoxy) is 1. The quantitative estimate of drug-likeness (QED) is 0.662. The molecule has 3 N–H and O–H groups in total. The molecule has 7 heteroatoms. The molecule has 0 bridgehead atoms. The van der Waals surface area contributed by atoms with Crippen molar-refractivity contribution in [3.8, 4) is 17.1 Å². The molecule has 0 saturated carbocycles. The zero-order valence-corrected chi connectivity index (χ0v) is 12.5. The summed E-state index contributed by atoms with van der Waals surface area (Å²) in [5.41, 5.74) is 9.03. The number of nitrogens with zero attached hydrogens (tertiary/aromatic N) is 1. The van der Waals surface area contributed by atoms with Crippen LogP contribution in [0, 0.1) is 6.92 Å². The van der Waals surface area contributed by atoms with Crippen LogP contribution in [0.3, 0.4) is 0 Å². The van der Waals surface area contributed by atoms with Gasteiger partial charge in [0.25, 0.3) is 0 Å². The van der Waals surface area contributed by atoms with Crippen LogP contribution in [0.15, 0.2) is 24.3 Å². The third kappa shape index (κ3) is 3.29. The van der Waals surface area contributed by atoms with Crippen LogP contribution in [0.1, 0.15) is 11.1 Å². The lowest BCUT2D eigenvalue weighted by Gasteiger charge is -2.09. The first-order valence-corrected chi connectivity index (χ1v) is 6.70. The van der Waals surface area contributed by atoms with E-state index in [-0.39, 0.29) is 16.6 Å². The minimum Gasteiger partial charge on any atom is -0.449 e. The molecule has 2 rings (SSSR count). The van der Waals surface area contributed by atoms with Gasteiger partial charge in [-0.25, -0.2) is 9.78 Å². The van der Waals surface area contributed by atoms with Crippen LogP contribution in [0.5, 0.6) is 5.88 Å². The number of carbonyl (C=O) groups is 1. The normalized spacial score (nSPS) is 10.2. The van der Waals surface area contributed by atoms with Gasteiger partial charge in [-0.15, -0.1) is 0 Å². The van der Waals surface area contributed by atoms with Crippen molar-refractivity contribution in [3.05, 3.63) is 40.4 Å². The van der Waals surface area contributed by atoms with Crippen molar-refractivity contribution in [1.82, 2.24) is 4.98 Å². The average molecular weight is 323 g/mol. The van der Waals surface area contributed by atoms with Crippen LogP contribution in [0.4, 0.5) is 10.5 Å². The summed E-state index contributed by atoms with van der Waals surface area (Å²) in [7, 11) is 0. The van der Waals surface area contributed by atoms with Gasteiger partial charge >= 0.3 is 6.16 Å². The molecule has 5 nitrogen and oxygen atoms in total. The number of hydrogen-bond donors (Lipinski definition) is 2. The summed E-state index contributed by atoms with van der Waals surface area (Å²) >= 11 is 10.8. The maximum Gasteiger partial charge on any atom is 0.512 e. The van der Waals surface area contributed by atoms with Crippen LogP contribution < -0.4 is 10.5 Å². The van der Waals surface area contributed by atoms with E-state index in [4.69, 9.17) is 34.7 Å². The summed E-state index contributed by atoms with van der Waals surface area (Å²) in [5.74, 6) is -0.247. The van der Waals surface area contributed by atoms with E-state index in [1.807, 2.05) is 25.1 Å². The van der Waals surface area contributed by atoms with Gasteiger partial charge in [-0.05, 0) is 30.2 Å². The van der Waals surface area contributed by atoms with E-state index in [9.17, 15) is 4.79 Å². The Morgan fingerprint density at radius 2 is 2.19 bits per heavy atom. The molecule has 0 unspecified atom stereocenters. The Kier molecular flexibility index (Phi) is 4.40. The zero-order valence-electron chi connectivity index (χ0n) is 11.0. The Labute approximate surface area is 131 Å². The van der Waals surface area contributed by atoms with E-state index in [0.29, 0.717) is 5.69 Å². The Balaban J connectivity index is 2.56. The molecule has 0 amide bonds. The molecule has 108 valence electrons. The van der Waals surface area contributed by atoms with Gasteiger partial charge in [-0.3, -0.25) is 0 Å². The lowest BCUT2D eigenvalue weighted by Crippen LogP contribution is -2.06. The lowest BCUT2D eigenvalue weighted by atomic mass is 10.0. The number of aryl methyl sites for hydroxylation is 1. The first-order chi connectivity index (χ1) is 9.92. The molecular formula is C14H11ClN2O3S. The number of nitrogens with two attached hydrogens (primary N) is 1. The third-order valence-electron chi connectivity index (χ3n) is 2.84. The molecule has 0 radical (unpaired) electrons. The minimum absolute atomic E-state index is 0.0386. The highest BCUT2D eigenvalue weighted by Crippen LogP contribution is 2.33. The largest absolute Gasteiger partial charge is 0.512 e. The van der Waals surface area contributed by atoms with Gasteiger partial charge in [0.1, 0.15) is 5.02 Å². The second-order valence-electron chi connectivity index (χ2n) is 4.27. The van der Waals surface area contributed by atoms with E-state index >= 15 is 0 Å². The predicted octanol–water partition coefficient (Wildman–Crippen LogP) is 3.70. The van der Waals surface area contributed by atoms with Gasteiger partial charge in [-0.1, -0.05) is 36.0 Å². The topological polar surface area (TPSA) is 85.4 Å². The number of aromatic nitrogens is 1. The van der Waals surface area contributed by atoms with E-state index in [0.717, 1.165) is 16.7 Å². The summed E-state index contributed by atoms with van der Waals surface area (Å²) < 4.78 is 4.53. The first-order valence-electron chi connectivity index (χ1n) is 5.85. The molecule has 1 aromatic carbocycles. The third-order valence-corrected chi connectivity index (χ3v) is 3.48. The highest BCUT2D eigenvalue weighted by Gasteiger charge is 2.14. The fraction of sp³-hybridized carbons (Fsp3) is 0.0714. The molecule has 0 aliphatic rings. The Bertz CT molecular complexity index is 734. The fourth-order valence-corrected chi connectivity index (χ4v) is 2.14. The van der Waals surface area contributed by atoms with E-state index in [1.165, 1.54) is 0 Å². The van der Waals surface area contributed by atoms with Crippen LogP contribution in [-0.4, -0.2) is 21.6 Å². The summed E-state index contributed by atoms with van der Waals surface area (Å²) in [6.45, 7) is 1.94. The van der Waals surface area contributed by atoms with Gasteiger partial charge in [0.2, 0.25) is 5.88 Å². The number of anilines is 1. The van der Waals surface area contributed by atoms with Gasteiger partial charge in [-0.2, -0.15) is 0 Å². The van der Waals surface area contributed by atoms with Crippen LogP contribution >= 0.6 is 23.8 Å². The van der Waals surface area contributed by atoms with Crippen molar-refractivity contribution in [2.24, 2.45) is 0 Å². The lowest BCUT2D eigenvalue weighted by molar-refractivity contribution is 0.142. The van der Waals surface area contributed by atoms with Crippen molar-refractivity contribution < 1.29 is 14.6 Å². The Hall–Kier alpha value is -2.18. The Morgan fingerprint density at radius 1 is 1.48 bits per heavy atom. The molecule has 0 aliphatic carbocycles. The van der Waals surface area contributed by atoms with Crippen molar-refractivity contribution >= 4 is 41.0 Å². The van der Waals surface area contributed by atoms with E-state index in [1.54, 1.807) is 11.4 Å². The second-order valence-corrected chi connectivity index (χ2v) is 4.89. The summed E-state index contributed by atoms with van der Waals surface area (Å²) in [4.78, 5) is 14.7. The van der Waals surface area contributed by atoms with E-state index < -0.39 is 6.16 Å². The zero-order chi connectivity index (χ0) is 15.6. The number of carboxylic acid groups (broad SMARTS) is 1. The number of thiocarbonyl (C=S) groups is 1. The number of nitrogen functional groups attached to an aromatic ring is 1. The second kappa shape index (κ2) is 6.07. The van der Waals surface area contributed by atoms with Crippen molar-refractivity contribution in [2.45, 2.75) is 6.92 Å². The molecular weight excluding hydrogens is 312 g/mol. The monoisotopic (exact) mass is 322 g/mol. The molecule has 2 aromatic rings. The fourth-order valence-electron chi connectivity index (χ4n) is 1.75. The van der Waals surface area contributed by atoms with Crippen molar-refractivity contribution in [2.75, 3.05) is 5.73 Å². The number of hydrogen-bond acceptors (Lipinski definition) is 5. The van der Waals surface area contributed by atoms with Gasteiger partial charge in [0.05, 0.1) is 11.4 Å². The molecule has 0 fully saturated rings. The number of pyridine rings is 1. The first kappa shape index (κ1) is 15.2. The predicted molar refractivity (Wildman–Crippen MR) is 85.2 cm³/mol. The van der Waals surface area contributed by atoms with Crippen LogP contribution in [0.2, 0.25) is 5.02 Å². The SMILES string of the molecule is Cc1ccc(-c2cc(N)c(Cl)c(OC(=O)O)n2)cc1C=S. The summed E-state index contributed by atoms with van der Waals surface area (Å²) in [6.07, 6.45) is -1.51. The average Bonchev–Trinajstić information content (AvgIpc) is 2.43. The smallest absolute Gasteiger partial charge is 0.449 e. The number of benzene rings is 1. The molecule has 0 saturated heterocycles. The maximum atomic E-state index is 10.6. The van der Waals surface area contributed by atoms with Crippen LogP contribution in [0.25, 0.3) is 11.3 Å². The molecule has 0 atom stereocenters. The summed E-state index contributed by atoms with van der Waals surface area (Å²) in [5, 5.41) is 10.2. The van der Waals surface area contributed by atoms with Gasteiger partial charge in [0, 0.05) is 10.9 Å². The van der Waals surface area contributed by atoms with Crippen LogP contribution in [-0.2, 0) is 0 Å². The van der Waals surface area contributed by atoms with E-state index in [2.05, 4.69) is 9.72 Å². The Morgan fingerprint density at radius 3 is 2.81 bits per heavy atom. The van der Waals surface area contributed by atoms with Crippen molar-refractivity contribution in [3.63, 3.8) is 0 Å². The van der Waals surface area contributed by atoms with Gasteiger partial charge in [0.15, 0.2) is 0 Å². The number of rotatable bonds is 3. The summed E-state index contributed by atoms with van der Waals surface area (Å²) in [6, 6.07) is 7.10. The molecule has 21 heavy (non-hydrogen) atoms. The van der Waals surface area contributed by atoms with Crippen molar-refractivity contribution in [1.29, 1.82) is 0 Å². The number of halogens is 1. The highest BCUT2D eigenvalue weighted by molar-refractivity contribution is 7.79. The minimum atomic E-state index is -1.51. The molecule has 0 spiro atoms. The standard InChI is InChI=1S/C14H11ClN2O3S/c1-7-2-3-8(4-9(7)6-21)11-5-10(16)12(15)13(17-11)20-14(18)19/h2-6H,1H3,(H2,16,17)(H,18,19). The highest BCUT2D eigenvalue weighted by atomic mass is 35.5. The molecule has 0 aliphatic heterocycles. The molecule has 1 aromatic heterocycles. The molecule has 1 heterocycles. The van der Waals surface area contributed by atoms with Gasteiger partial charge < -0.3 is 15.6 Å². The maximum absolute atomic E-state index is 10.6.